The van der Waals surface area contributed by atoms with Crippen molar-refractivity contribution in [1.29, 1.82) is 0 Å². The fraction of sp³-hybridized carbons (Fsp3) is 0.649. The van der Waals surface area contributed by atoms with E-state index in [1.807, 2.05) is 13.8 Å². The Labute approximate surface area is 302 Å². The van der Waals surface area contributed by atoms with Crippen LogP contribution in [0.2, 0.25) is 0 Å². The summed E-state index contributed by atoms with van der Waals surface area (Å²) in [6, 6.07) is 5.31. The molecular formula is C37H58N6O8. The van der Waals surface area contributed by atoms with Crippen molar-refractivity contribution in [2.45, 2.75) is 118 Å². The normalized spacial score (nSPS) is 18.8. The van der Waals surface area contributed by atoms with E-state index < -0.39 is 82.1 Å². The largest absolute Gasteiger partial charge is 0.444 e. The van der Waals surface area contributed by atoms with E-state index in [1.165, 1.54) is 9.80 Å². The maximum Gasteiger partial charge on any atom is 0.408 e. The molecule has 1 fully saturated rings. The summed E-state index contributed by atoms with van der Waals surface area (Å²) in [5.41, 5.74) is -2.95. The molecule has 1 aromatic carbocycles. The number of carbonyl (C=O) groups excluding carboxylic acids is 7. The molecule has 1 aromatic rings. The van der Waals surface area contributed by atoms with Crippen LogP contribution >= 0.6 is 0 Å². The zero-order chi connectivity index (χ0) is 39.1. The second-order valence-electron chi connectivity index (χ2n) is 16.5. The second kappa shape index (κ2) is 16.7. The van der Waals surface area contributed by atoms with Crippen LogP contribution in [0.4, 0.5) is 4.79 Å². The fourth-order valence-electron chi connectivity index (χ4n) is 6.12. The minimum atomic E-state index is -1.44. The molecule has 51 heavy (non-hydrogen) atoms. The van der Waals surface area contributed by atoms with E-state index in [1.54, 1.807) is 99.8 Å². The van der Waals surface area contributed by atoms with Crippen molar-refractivity contribution in [3.8, 4) is 0 Å². The van der Waals surface area contributed by atoms with Gasteiger partial charge in [-0.1, -0.05) is 78.3 Å². The van der Waals surface area contributed by atoms with Gasteiger partial charge in [0.2, 0.25) is 29.4 Å². The fourth-order valence-corrected chi connectivity index (χ4v) is 6.12. The molecule has 1 aliphatic heterocycles. The minimum Gasteiger partial charge on any atom is -0.444 e. The monoisotopic (exact) mass is 714 g/mol. The highest BCUT2D eigenvalue weighted by Crippen LogP contribution is 2.42. The number of nitrogens with zero attached hydrogens (tertiary/aromatic N) is 2. The number of alkyl carbamates (subject to hydrolysis) is 1. The lowest BCUT2D eigenvalue weighted by Gasteiger charge is -2.40. The Bertz CT molecular complexity index is 1460. The maximum absolute atomic E-state index is 14.2. The van der Waals surface area contributed by atoms with Gasteiger partial charge in [0.05, 0.1) is 12.6 Å². The quantitative estimate of drug-likeness (QED) is 0.225. The van der Waals surface area contributed by atoms with Crippen molar-refractivity contribution >= 4 is 41.4 Å². The maximum atomic E-state index is 14.2. The van der Waals surface area contributed by atoms with E-state index in [0.717, 1.165) is 0 Å². The van der Waals surface area contributed by atoms with Crippen LogP contribution in [0.5, 0.6) is 0 Å². The van der Waals surface area contributed by atoms with Gasteiger partial charge in [0.15, 0.2) is 0 Å². The smallest absolute Gasteiger partial charge is 0.408 e. The number of ether oxygens (including phenoxy) is 1. The lowest BCUT2D eigenvalue weighted by atomic mass is 9.83. The lowest BCUT2D eigenvalue weighted by molar-refractivity contribution is -0.148. The van der Waals surface area contributed by atoms with Crippen molar-refractivity contribution in [3.05, 3.63) is 35.9 Å². The molecule has 1 aliphatic rings. The number of Topliss-reactive ketones (excluding diaryl/α,β-unsaturated/α-hetero) is 1. The predicted molar refractivity (Wildman–Crippen MR) is 192 cm³/mol. The molecular weight excluding hydrogens is 656 g/mol. The first-order valence-electron chi connectivity index (χ1n) is 17.3. The molecule has 4 atom stereocenters. The first-order chi connectivity index (χ1) is 23.3. The molecule has 2 unspecified atom stereocenters. The van der Waals surface area contributed by atoms with Crippen molar-refractivity contribution in [1.82, 2.24) is 31.1 Å². The van der Waals surface area contributed by atoms with Crippen LogP contribution < -0.4 is 21.3 Å². The van der Waals surface area contributed by atoms with Gasteiger partial charge in [-0.2, -0.15) is 0 Å². The highest BCUT2D eigenvalue weighted by molar-refractivity contribution is 6.38. The molecule has 0 radical (unpaired) electrons. The number of carbonyl (C=O) groups is 7. The molecule has 1 saturated heterocycles. The Morgan fingerprint density at radius 1 is 0.902 bits per heavy atom. The van der Waals surface area contributed by atoms with Gasteiger partial charge >= 0.3 is 6.09 Å². The average Bonchev–Trinajstić information content (AvgIpc) is 3.28. The van der Waals surface area contributed by atoms with Gasteiger partial charge in [-0.05, 0) is 56.9 Å². The number of rotatable bonds is 13. The Hall–Kier alpha value is -4.49. The summed E-state index contributed by atoms with van der Waals surface area (Å²) >= 11 is 0. The molecule has 0 aliphatic carbocycles. The summed E-state index contributed by atoms with van der Waals surface area (Å²) in [7, 11) is 3.11. The van der Waals surface area contributed by atoms with Gasteiger partial charge in [0.25, 0.3) is 5.91 Å². The van der Waals surface area contributed by atoms with E-state index in [2.05, 4.69) is 21.3 Å². The van der Waals surface area contributed by atoms with E-state index in [9.17, 15) is 33.6 Å². The number of benzene rings is 1. The number of likely N-dealkylation sites (N-methyl/N-ethyl adjacent to an activating group) is 1. The van der Waals surface area contributed by atoms with Crippen LogP contribution in [0.25, 0.3) is 0 Å². The Balaban J connectivity index is 2.24. The zero-order valence-electron chi connectivity index (χ0n) is 32.3. The number of likely N-dealkylation sites (tertiary alicyclic amines) is 1. The van der Waals surface area contributed by atoms with Crippen LogP contribution in [-0.4, -0.2) is 102 Å². The first kappa shape index (κ1) is 42.7. The molecule has 1 heterocycles. The third kappa shape index (κ3) is 11.8. The highest BCUT2D eigenvalue weighted by atomic mass is 16.6. The third-order valence-electron chi connectivity index (χ3n) is 8.49. The van der Waals surface area contributed by atoms with Crippen molar-refractivity contribution < 1.29 is 38.3 Å². The minimum absolute atomic E-state index is 0.121. The average molecular weight is 715 g/mol. The molecule has 0 spiro atoms. The van der Waals surface area contributed by atoms with E-state index in [0.29, 0.717) is 12.0 Å². The first-order valence-corrected chi connectivity index (χ1v) is 17.3. The van der Waals surface area contributed by atoms with Gasteiger partial charge in [-0.25, -0.2) is 4.79 Å². The van der Waals surface area contributed by atoms with E-state index >= 15 is 0 Å². The topological polar surface area (TPSA) is 183 Å². The van der Waals surface area contributed by atoms with Crippen LogP contribution in [0.1, 0.15) is 100 Å². The molecule has 0 saturated carbocycles. The third-order valence-corrected chi connectivity index (χ3v) is 8.49. The van der Waals surface area contributed by atoms with E-state index in [-0.39, 0.29) is 25.3 Å². The standard InChI is InChI=1S/C37H58N6O8/c1-13-17-24(27(45)29(46)38-20-25(44)40-26(30(47)42(11)12)23-18-15-14-16-19-23)39-32(49)37(10)21-36(8,9)22-43(37)31(48)28(34(2,3)4)41-33(50)51-35(5,6)7/h14-16,18-19,24,26,28H,13,17,20-22H2,1-12H3,(H,38,46)(H,39,49)(H,40,44)(H,41,50)/t24?,26-,28-,37?/m0/s1. The number of hydrogen-bond acceptors (Lipinski definition) is 8. The van der Waals surface area contributed by atoms with Crippen LogP contribution in [-0.2, 0) is 33.5 Å². The zero-order valence-corrected chi connectivity index (χ0v) is 32.3. The molecule has 4 N–H and O–H groups in total. The number of ketones is 1. The predicted octanol–water partition coefficient (Wildman–Crippen LogP) is 2.86. The van der Waals surface area contributed by atoms with Crippen molar-refractivity contribution in [3.63, 3.8) is 0 Å². The molecule has 14 heteroatoms. The molecule has 6 amide bonds. The van der Waals surface area contributed by atoms with Crippen molar-refractivity contribution in [2.24, 2.45) is 10.8 Å². The van der Waals surface area contributed by atoms with Crippen LogP contribution in [0.3, 0.4) is 0 Å². The summed E-state index contributed by atoms with van der Waals surface area (Å²) in [5, 5.41) is 10.3. The summed E-state index contributed by atoms with van der Waals surface area (Å²) in [4.78, 5) is 96.0. The van der Waals surface area contributed by atoms with Gasteiger partial charge in [0, 0.05) is 20.6 Å². The highest BCUT2D eigenvalue weighted by Gasteiger charge is 2.55. The molecule has 14 nitrogen and oxygen atoms in total. The summed E-state index contributed by atoms with van der Waals surface area (Å²) < 4.78 is 5.42. The van der Waals surface area contributed by atoms with Gasteiger partial charge < -0.3 is 35.8 Å². The SMILES string of the molecule is CCCC(NC(=O)C1(C)CC(C)(C)CN1C(=O)[C@H](NC(=O)OC(C)(C)C)C(C)(C)C)C(=O)C(=O)NCC(=O)N[C@H](C(=O)N(C)C)c1ccccc1. The number of hydrogen-bond donors (Lipinski definition) is 4. The van der Waals surface area contributed by atoms with Crippen LogP contribution in [0.15, 0.2) is 30.3 Å². The summed E-state index contributed by atoms with van der Waals surface area (Å²) in [6.07, 6.45) is 0.0327. The molecule has 2 rings (SSSR count). The number of amides is 6. The Morgan fingerprint density at radius 2 is 1.49 bits per heavy atom. The number of nitrogens with one attached hydrogen (secondary N) is 4. The van der Waals surface area contributed by atoms with Gasteiger partial charge in [-0.15, -0.1) is 0 Å². The molecule has 284 valence electrons. The lowest BCUT2D eigenvalue weighted by Crippen LogP contribution is -2.63. The molecule has 0 aromatic heterocycles. The van der Waals surface area contributed by atoms with Crippen LogP contribution in [0, 0.1) is 10.8 Å². The second-order valence-corrected chi connectivity index (χ2v) is 16.5. The summed E-state index contributed by atoms with van der Waals surface area (Å²) in [5.74, 6) is -4.23. The molecule has 0 bridgehead atoms. The van der Waals surface area contributed by atoms with E-state index in [4.69, 9.17) is 4.74 Å². The van der Waals surface area contributed by atoms with Crippen molar-refractivity contribution in [2.75, 3.05) is 27.2 Å². The Morgan fingerprint density at radius 3 is 2.00 bits per heavy atom. The van der Waals surface area contributed by atoms with Gasteiger partial charge in [0.1, 0.15) is 23.2 Å². The van der Waals surface area contributed by atoms with Gasteiger partial charge in [-0.3, -0.25) is 28.8 Å². The summed E-state index contributed by atoms with van der Waals surface area (Å²) in [6.45, 7) is 17.4. The Kier molecular flexibility index (Phi) is 14.0.